The smallest absolute Gasteiger partial charge is 0.134 e. The van der Waals surface area contributed by atoms with E-state index in [0.29, 0.717) is 11.8 Å². The summed E-state index contributed by atoms with van der Waals surface area (Å²) in [6.45, 7) is 10.3. The number of ether oxygens (including phenoxy) is 1. The van der Waals surface area contributed by atoms with E-state index < -0.39 is 0 Å². The van der Waals surface area contributed by atoms with Crippen LogP contribution in [-0.2, 0) is 4.74 Å². The zero-order valence-corrected chi connectivity index (χ0v) is 17.7. The number of nitrogens with zero attached hydrogens (tertiary/aromatic N) is 4. The van der Waals surface area contributed by atoms with Gasteiger partial charge in [0, 0.05) is 68.7 Å². The van der Waals surface area contributed by atoms with Gasteiger partial charge in [-0.2, -0.15) is 0 Å². The predicted octanol–water partition coefficient (Wildman–Crippen LogP) is 4.19. The van der Waals surface area contributed by atoms with E-state index in [4.69, 9.17) is 14.7 Å². The number of rotatable bonds is 4. The number of hydrogen-bond donors (Lipinski definition) is 0. The first-order chi connectivity index (χ1) is 14.2. The third-order valence-corrected chi connectivity index (χ3v) is 6.85. The van der Waals surface area contributed by atoms with E-state index in [1.165, 1.54) is 35.3 Å². The predicted molar refractivity (Wildman–Crippen MR) is 117 cm³/mol. The Hall–Kier alpha value is -2.14. The summed E-state index contributed by atoms with van der Waals surface area (Å²) in [6.07, 6.45) is 4.66. The largest absolute Gasteiger partial charge is 0.381 e. The average molecular weight is 393 g/mol. The fourth-order valence-corrected chi connectivity index (χ4v) is 4.61. The monoisotopic (exact) mass is 392 g/mol. The molecule has 5 nitrogen and oxygen atoms in total. The Kier molecular flexibility index (Phi) is 5.17. The molecule has 3 aliphatic rings. The van der Waals surface area contributed by atoms with Crippen LogP contribution in [0.5, 0.6) is 0 Å². The molecule has 0 atom stereocenters. The van der Waals surface area contributed by atoms with Crippen LogP contribution in [-0.4, -0.2) is 49.4 Å². The number of piperazine rings is 1. The van der Waals surface area contributed by atoms with Gasteiger partial charge in [-0.25, -0.2) is 9.97 Å². The van der Waals surface area contributed by atoms with Gasteiger partial charge in [-0.15, -0.1) is 0 Å². The van der Waals surface area contributed by atoms with Gasteiger partial charge >= 0.3 is 0 Å². The highest BCUT2D eigenvalue weighted by atomic mass is 16.5. The van der Waals surface area contributed by atoms with Gasteiger partial charge in [0.15, 0.2) is 0 Å². The van der Waals surface area contributed by atoms with E-state index in [1.807, 2.05) is 0 Å². The van der Waals surface area contributed by atoms with Crippen molar-refractivity contribution >= 4 is 11.5 Å². The van der Waals surface area contributed by atoms with Gasteiger partial charge in [0.1, 0.15) is 11.6 Å². The van der Waals surface area contributed by atoms with Crippen LogP contribution in [0.15, 0.2) is 24.3 Å². The van der Waals surface area contributed by atoms with E-state index in [0.717, 1.165) is 63.9 Å². The van der Waals surface area contributed by atoms with Crippen LogP contribution in [0.3, 0.4) is 0 Å². The molecule has 2 aromatic rings. The second-order valence-corrected chi connectivity index (χ2v) is 8.86. The lowest BCUT2D eigenvalue weighted by molar-refractivity contribution is 0.0844. The molecule has 154 valence electrons. The second-order valence-electron chi connectivity index (χ2n) is 8.86. The summed E-state index contributed by atoms with van der Waals surface area (Å²) in [4.78, 5) is 15.0. The molecule has 2 saturated heterocycles. The van der Waals surface area contributed by atoms with E-state index in [9.17, 15) is 0 Å². The molecule has 0 radical (unpaired) electrons. The van der Waals surface area contributed by atoms with Crippen LogP contribution in [0.25, 0.3) is 0 Å². The first-order valence-corrected chi connectivity index (χ1v) is 11.2. The standard InChI is InChI=1S/C24H32N4O/c1-17-4-3-5-22(18(17)2)27-10-12-28(13-11-27)23-16-21(19-8-14-29-15-9-19)25-24(26-23)20-6-7-20/h3-5,16,19-20H,6-15H2,1-2H3. The van der Waals surface area contributed by atoms with Crippen LogP contribution in [0.2, 0.25) is 0 Å². The Balaban J connectivity index is 1.34. The van der Waals surface area contributed by atoms with Crippen molar-refractivity contribution in [3.63, 3.8) is 0 Å². The molecule has 2 aliphatic heterocycles. The Morgan fingerprint density at radius 2 is 1.59 bits per heavy atom. The summed E-state index contributed by atoms with van der Waals surface area (Å²) >= 11 is 0. The van der Waals surface area contributed by atoms with Gasteiger partial charge < -0.3 is 14.5 Å². The molecule has 1 saturated carbocycles. The molecule has 0 bridgehead atoms. The normalized spacial score (nSPS) is 20.9. The molecule has 3 fully saturated rings. The Labute approximate surface area is 174 Å². The molecule has 0 spiro atoms. The van der Waals surface area contributed by atoms with Crippen molar-refractivity contribution in [2.45, 2.75) is 51.4 Å². The molecular weight excluding hydrogens is 360 g/mol. The van der Waals surface area contributed by atoms with Crippen molar-refractivity contribution in [3.8, 4) is 0 Å². The first-order valence-electron chi connectivity index (χ1n) is 11.2. The Morgan fingerprint density at radius 3 is 2.31 bits per heavy atom. The highest BCUT2D eigenvalue weighted by Gasteiger charge is 2.30. The topological polar surface area (TPSA) is 41.5 Å². The Bertz CT molecular complexity index is 865. The lowest BCUT2D eigenvalue weighted by atomic mass is 9.96. The lowest BCUT2D eigenvalue weighted by Gasteiger charge is -2.38. The summed E-state index contributed by atoms with van der Waals surface area (Å²) in [5.41, 5.74) is 5.41. The third kappa shape index (κ3) is 3.97. The Morgan fingerprint density at radius 1 is 0.862 bits per heavy atom. The minimum Gasteiger partial charge on any atom is -0.381 e. The van der Waals surface area contributed by atoms with E-state index >= 15 is 0 Å². The molecule has 5 rings (SSSR count). The number of hydrogen-bond acceptors (Lipinski definition) is 5. The first kappa shape index (κ1) is 18.9. The lowest BCUT2D eigenvalue weighted by Crippen LogP contribution is -2.47. The maximum Gasteiger partial charge on any atom is 0.134 e. The van der Waals surface area contributed by atoms with Crippen molar-refractivity contribution in [3.05, 3.63) is 46.9 Å². The van der Waals surface area contributed by atoms with Gasteiger partial charge in [-0.3, -0.25) is 0 Å². The molecule has 3 heterocycles. The van der Waals surface area contributed by atoms with Crippen molar-refractivity contribution in [2.24, 2.45) is 0 Å². The minimum absolute atomic E-state index is 0.527. The molecular formula is C24H32N4O. The van der Waals surface area contributed by atoms with Gasteiger partial charge in [-0.05, 0) is 56.7 Å². The summed E-state index contributed by atoms with van der Waals surface area (Å²) in [7, 11) is 0. The zero-order valence-electron chi connectivity index (χ0n) is 17.7. The van der Waals surface area contributed by atoms with Gasteiger partial charge in [0.25, 0.3) is 0 Å². The average Bonchev–Trinajstić information content (AvgIpc) is 3.62. The van der Waals surface area contributed by atoms with E-state index in [1.54, 1.807) is 0 Å². The maximum atomic E-state index is 5.57. The van der Waals surface area contributed by atoms with Gasteiger partial charge in [0.2, 0.25) is 0 Å². The summed E-state index contributed by atoms with van der Waals surface area (Å²) in [6, 6.07) is 8.91. The summed E-state index contributed by atoms with van der Waals surface area (Å²) in [5, 5.41) is 0. The minimum atomic E-state index is 0.527. The van der Waals surface area contributed by atoms with Crippen LogP contribution in [0.4, 0.5) is 11.5 Å². The number of benzene rings is 1. The van der Waals surface area contributed by atoms with Crippen LogP contribution in [0, 0.1) is 13.8 Å². The highest BCUT2D eigenvalue weighted by molar-refractivity contribution is 5.57. The molecule has 1 aromatic carbocycles. The SMILES string of the molecule is Cc1cccc(N2CCN(c3cc(C4CCOCC4)nc(C4CC4)n3)CC2)c1C. The number of anilines is 2. The molecule has 1 aliphatic carbocycles. The summed E-state index contributed by atoms with van der Waals surface area (Å²) < 4.78 is 5.57. The fourth-order valence-electron chi connectivity index (χ4n) is 4.61. The van der Waals surface area contributed by atoms with E-state index in [-0.39, 0.29) is 0 Å². The van der Waals surface area contributed by atoms with Crippen molar-refractivity contribution < 1.29 is 4.74 Å². The molecule has 29 heavy (non-hydrogen) atoms. The highest BCUT2D eigenvalue weighted by Crippen LogP contribution is 2.40. The quantitative estimate of drug-likeness (QED) is 0.780. The van der Waals surface area contributed by atoms with Crippen LogP contribution < -0.4 is 9.80 Å². The van der Waals surface area contributed by atoms with Crippen molar-refractivity contribution in [1.82, 2.24) is 9.97 Å². The molecule has 0 N–H and O–H groups in total. The fraction of sp³-hybridized carbons (Fsp3) is 0.583. The van der Waals surface area contributed by atoms with Gasteiger partial charge in [0.05, 0.1) is 0 Å². The molecule has 0 amide bonds. The van der Waals surface area contributed by atoms with Crippen molar-refractivity contribution in [2.75, 3.05) is 49.2 Å². The van der Waals surface area contributed by atoms with E-state index in [2.05, 4.69) is 47.9 Å². The number of aromatic nitrogens is 2. The van der Waals surface area contributed by atoms with Gasteiger partial charge in [-0.1, -0.05) is 12.1 Å². The molecule has 5 heteroatoms. The van der Waals surface area contributed by atoms with Crippen molar-refractivity contribution in [1.29, 1.82) is 0 Å². The van der Waals surface area contributed by atoms with Crippen LogP contribution >= 0.6 is 0 Å². The zero-order chi connectivity index (χ0) is 19.8. The number of aryl methyl sites for hydroxylation is 1. The summed E-state index contributed by atoms with van der Waals surface area (Å²) in [5.74, 6) is 3.34. The maximum absolute atomic E-state index is 5.57. The van der Waals surface area contributed by atoms with Crippen LogP contribution in [0.1, 0.15) is 60.2 Å². The second kappa shape index (κ2) is 7.94. The molecule has 0 unspecified atom stereocenters. The third-order valence-electron chi connectivity index (χ3n) is 6.85. The molecule has 1 aromatic heterocycles.